The van der Waals surface area contributed by atoms with Crippen molar-refractivity contribution >= 4 is 23.5 Å². The van der Waals surface area contributed by atoms with E-state index in [0.717, 1.165) is 10.6 Å². The Hall–Kier alpha value is -2.57. The Labute approximate surface area is 110 Å². The van der Waals surface area contributed by atoms with Gasteiger partial charge in [-0.2, -0.15) is 5.10 Å². The average Bonchev–Trinajstić information content (AvgIpc) is 2.34. The third kappa shape index (κ3) is 3.44. The Kier molecular flexibility index (Phi) is 3.65. The maximum Gasteiger partial charge on any atom is 0.356 e. The van der Waals surface area contributed by atoms with Crippen LogP contribution in [0, 0.1) is 6.92 Å². The first kappa shape index (κ1) is 12.9. The summed E-state index contributed by atoms with van der Waals surface area (Å²) in [6.45, 7) is 3.95. The van der Waals surface area contributed by atoms with E-state index >= 15 is 0 Å². The number of hydrazine groups is 1. The molecule has 100 valence electrons. The molecule has 0 aromatic heterocycles. The number of nitrogens with one attached hydrogen (secondary N) is 3. The number of hydrogen-bond acceptors (Lipinski definition) is 3. The molecular weight excluding hydrogens is 246 g/mol. The molecule has 1 aliphatic rings. The Morgan fingerprint density at radius 2 is 2.21 bits per heavy atom. The van der Waals surface area contributed by atoms with Crippen LogP contribution in [0.15, 0.2) is 29.4 Å². The summed E-state index contributed by atoms with van der Waals surface area (Å²) in [7, 11) is 0. The molecule has 1 heterocycles. The molecule has 7 heteroatoms. The molecule has 4 amide bonds. The normalized spacial score (nSPS) is 14.5. The van der Waals surface area contributed by atoms with Crippen molar-refractivity contribution in [3.05, 3.63) is 29.8 Å². The van der Waals surface area contributed by atoms with Crippen LogP contribution in [0.3, 0.4) is 0 Å². The molecule has 0 spiro atoms. The highest BCUT2D eigenvalue weighted by Gasteiger charge is 2.20. The molecule has 0 fully saturated rings. The van der Waals surface area contributed by atoms with Gasteiger partial charge in [0.1, 0.15) is 0 Å². The molecular formula is C12H15N5O2. The second-order valence-electron chi connectivity index (χ2n) is 4.29. The van der Waals surface area contributed by atoms with Gasteiger partial charge in [0.15, 0.2) is 0 Å². The second kappa shape index (κ2) is 5.38. The first-order valence-electron chi connectivity index (χ1n) is 5.79. The van der Waals surface area contributed by atoms with Crippen molar-refractivity contribution in [2.24, 2.45) is 5.10 Å². The van der Waals surface area contributed by atoms with E-state index in [1.54, 1.807) is 13.0 Å². The quantitative estimate of drug-likeness (QED) is 0.752. The van der Waals surface area contributed by atoms with E-state index in [9.17, 15) is 9.59 Å². The van der Waals surface area contributed by atoms with Gasteiger partial charge in [0.05, 0.1) is 12.3 Å². The van der Waals surface area contributed by atoms with Gasteiger partial charge in [0.25, 0.3) is 0 Å². The fraction of sp³-hybridized carbons (Fsp3) is 0.250. The average molecular weight is 261 g/mol. The van der Waals surface area contributed by atoms with Gasteiger partial charge in [0, 0.05) is 5.69 Å². The molecule has 1 aromatic rings. The van der Waals surface area contributed by atoms with Crippen LogP contribution in [0.5, 0.6) is 0 Å². The van der Waals surface area contributed by atoms with Crippen LogP contribution in [0.1, 0.15) is 12.5 Å². The predicted molar refractivity (Wildman–Crippen MR) is 71.7 cm³/mol. The smallest absolute Gasteiger partial charge is 0.307 e. The Balaban J connectivity index is 1.94. The van der Waals surface area contributed by atoms with Gasteiger partial charge in [-0.25, -0.2) is 25.4 Å². The summed E-state index contributed by atoms with van der Waals surface area (Å²) >= 11 is 0. The SMILES string of the molecule is CC1=NNC(=O)N(NC(=O)Nc2cccc(C)c2)C1. The molecule has 3 N–H and O–H groups in total. The van der Waals surface area contributed by atoms with Crippen molar-refractivity contribution in [1.82, 2.24) is 15.9 Å². The highest BCUT2D eigenvalue weighted by atomic mass is 16.2. The summed E-state index contributed by atoms with van der Waals surface area (Å²) in [6.07, 6.45) is 0. The van der Waals surface area contributed by atoms with Crippen LogP contribution >= 0.6 is 0 Å². The van der Waals surface area contributed by atoms with E-state index in [1.807, 2.05) is 25.1 Å². The summed E-state index contributed by atoms with van der Waals surface area (Å²) in [5.74, 6) is 0. The number of nitrogens with zero attached hydrogens (tertiary/aromatic N) is 2. The standard InChI is InChI=1S/C12H15N5O2/c1-8-4-3-5-10(6-8)13-11(18)16-17-7-9(2)14-15-12(17)19/h3-6H,7H2,1-2H3,(H,15,19)(H2,13,16,18). The van der Waals surface area contributed by atoms with Crippen molar-refractivity contribution in [2.45, 2.75) is 13.8 Å². The van der Waals surface area contributed by atoms with E-state index in [0.29, 0.717) is 11.4 Å². The monoisotopic (exact) mass is 261 g/mol. The summed E-state index contributed by atoms with van der Waals surface area (Å²) in [4.78, 5) is 23.2. The molecule has 0 saturated heterocycles. The molecule has 19 heavy (non-hydrogen) atoms. The van der Waals surface area contributed by atoms with Gasteiger partial charge in [-0.05, 0) is 31.5 Å². The number of rotatable bonds is 2. The largest absolute Gasteiger partial charge is 0.356 e. The van der Waals surface area contributed by atoms with Gasteiger partial charge in [0.2, 0.25) is 0 Å². The molecule has 0 atom stereocenters. The third-order valence-corrected chi connectivity index (χ3v) is 2.49. The molecule has 1 aromatic carbocycles. The maximum atomic E-state index is 11.8. The number of benzene rings is 1. The predicted octanol–water partition coefficient (Wildman–Crippen LogP) is 1.43. The fourth-order valence-corrected chi connectivity index (χ4v) is 1.63. The first-order valence-corrected chi connectivity index (χ1v) is 5.79. The lowest BCUT2D eigenvalue weighted by atomic mass is 10.2. The van der Waals surface area contributed by atoms with Crippen LogP contribution < -0.4 is 16.2 Å². The van der Waals surface area contributed by atoms with Crippen molar-refractivity contribution in [3.63, 3.8) is 0 Å². The van der Waals surface area contributed by atoms with Crippen LogP contribution in [0.25, 0.3) is 0 Å². The van der Waals surface area contributed by atoms with Crippen molar-refractivity contribution in [1.29, 1.82) is 0 Å². The van der Waals surface area contributed by atoms with E-state index in [1.165, 1.54) is 0 Å². The molecule has 0 saturated carbocycles. The van der Waals surface area contributed by atoms with Crippen molar-refractivity contribution < 1.29 is 9.59 Å². The fourth-order valence-electron chi connectivity index (χ4n) is 1.63. The lowest BCUT2D eigenvalue weighted by molar-refractivity contribution is 0.177. The Morgan fingerprint density at radius 1 is 1.42 bits per heavy atom. The number of hydrogen-bond donors (Lipinski definition) is 3. The number of carbonyl (C=O) groups is 2. The highest BCUT2D eigenvalue weighted by Crippen LogP contribution is 2.09. The van der Waals surface area contributed by atoms with E-state index in [2.05, 4.69) is 21.3 Å². The number of aryl methyl sites for hydroxylation is 1. The maximum absolute atomic E-state index is 11.8. The number of carbonyl (C=O) groups excluding carboxylic acids is 2. The van der Waals surface area contributed by atoms with Gasteiger partial charge >= 0.3 is 12.1 Å². The molecule has 0 aliphatic carbocycles. The van der Waals surface area contributed by atoms with Crippen LogP contribution in [-0.2, 0) is 0 Å². The molecule has 7 nitrogen and oxygen atoms in total. The third-order valence-electron chi connectivity index (χ3n) is 2.49. The summed E-state index contributed by atoms with van der Waals surface area (Å²) in [5, 5.41) is 7.58. The number of urea groups is 2. The molecule has 0 unspecified atom stereocenters. The second-order valence-corrected chi connectivity index (χ2v) is 4.29. The lowest BCUT2D eigenvalue weighted by Gasteiger charge is -2.25. The van der Waals surface area contributed by atoms with Crippen molar-refractivity contribution in [2.75, 3.05) is 11.9 Å². The van der Waals surface area contributed by atoms with E-state index < -0.39 is 12.1 Å². The Bertz CT molecular complexity index is 541. The van der Waals surface area contributed by atoms with Gasteiger partial charge in [-0.15, -0.1) is 0 Å². The molecule has 1 aliphatic heterocycles. The van der Waals surface area contributed by atoms with Gasteiger partial charge in [-0.3, -0.25) is 0 Å². The van der Waals surface area contributed by atoms with Gasteiger partial charge < -0.3 is 5.32 Å². The molecule has 0 radical (unpaired) electrons. The number of anilines is 1. The minimum atomic E-state index is -0.476. The van der Waals surface area contributed by atoms with E-state index in [4.69, 9.17) is 0 Å². The number of amides is 4. The molecule has 0 bridgehead atoms. The number of hydrazone groups is 1. The van der Waals surface area contributed by atoms with E-state index in [-0.39, 0.29) is 6.54 Å². The first-order chi connectivity index (χ1) is 9.04. The lowest BCUT2D eigenvalue weighted by Crippen LogP contribution is -2.55. The molecule has 2 rings (SSSR count). The summed E-state index contributed by atoms with van der Waals surface area (Å²) in [5.41, 5.74) is 7.16. The van der Waals surface area contributed by atoms with Crippen LogP contribution in [-0.4, -0.2) is 29.3 Å². The highest BCUT2D eigenvalue weighted by molar-refractivity contribution is 5.95. The minimum Gasteiger partial charge on any atom is -0.307 e. The van der Waals surface area contributed by atoms with Crippen molar-refractivity contribution in [3.8, 4) is 0 Å². The zero-order valence-electron chi connectivity index (χ0n) is 10.7. The minimum absolute atomic E-state index is 0.257. The zero-order chi connectivity index (χ0) is 13.8. The Morgan fingerprint density at radius 3 is 2.95 bits per heavy atom. The zero-order valence-corrected chi connectivity index (χ0v) is 10.7. The van der Waals surface area contributed by atoms with Crippen LogP contribution in [0.4, 0.5) is 15.3 Å². The van der Waals surface area contributed by atoms with Crippen LogP contribution in [0.2, 0.25) is 0 Å². The van der Waals surface area contributed by atoms with Gasteiger partial charge in [-0.1, -0.05) is 12.1 Å². The summed E-state index contributed by atoms with van der Waals surface area (Å²) < 4.78 is 0. The summed E-state index contributed by atoms with van der Waals surface area (Å²) in [6, 6.07) is 6.44. The topological polar surface area (TPSA) is 85.8 Å².